The minimum atomic E-state index is -3.05. The first kappa shape index (κ1) is 15.2. The molecule has 0 aliphatic heterocycles. The first-order valence-electron chi connectivity index (χ1n) is 4.57. The normalized spacial score (nSPS) is 12.5. The van der Waals surface area contributed by atoms with Gasteiger partial charge in [0.2, 0.25) is 6.54 Å². The van der Waals surface area contributed by atoms with E-state index >= 15 is 0 Å². The van der Waals surface area contributed by atoms with Crippen molar-refractivity contribution in [3.63, 3.8) is 0 Å². The van der Waals surface area contributed by atoms with Crippen LogP contribution in [0.15, 0.2) is 5.16 Å². The highest BCUT2D eigenvalue weighted by Gasteiger charge is 2.37. The average Bonchev–Trinajstić information content (AvgIpc) is 2.14. The fourth-order valence-electron chi connectivity index (χ4n) is 0.999. The van der Waals surface area contributed by atoms with Crippen molar-refractivity contribution in [3.05, 3.63) is 10.1 Å². The van der Waals surface area contributed by atoms with Crippen molar-refractivity contribution in [1.29, 1.82) is 0 Å². The number of carbonyl (C=O) groups is 1. The maximum absolute atomic E-state index is 12.6. The standard InChI is InChI=1S/C8H13F2N3O4/c1-8(2,4-13(15)16)5(6(9)10)12-17-7(14)11-3/h6H,4H2,1-3H3,(H,11,14). The molecular weight excluding hydrogens is 240 g/mol. The number of oxime groups is 1. The molecule has 1 N–H and O–H groups in total. The van der Waals surface area contributed by atoms with E-state index in [0.717, 1.165) is 0 Å². The molecule has 0 aliphatic rings. The summed E-state index contributed by atoms with van der Waals surface area (Å²) >= 11 is 0. The van der Waals surface area contributed by atoms with Crippen LogP contribution < -0.4 is 5.32 Å². The second kappa shape index (κ2) is 6.06. The highest BCUT2D eigenvalue weighted by Crippen LogP contribution is 2.22. The van der Waals surface area contributed by atoms with E-state index in [0.29, 0.717) is 0 Å². The zero-order valence-corrected chi connectivity index (χ0v) is 9.57. The Morgan fingerprint density at radius 3 is 2.47 bits per heavy atom. The first-order chi connectivity index (χ1) is 7.70. The van der Waals surface area contributed by atoms with Crippen LogP contribution in [0.1, 0.15) is 13.8 Å². The number of halogens is 2. The number of rotatable bonds is 5. The predicted molar refractivity (Wildman–Crippen MR) is 54.6 cm³/mol. The van der Waals surface area contributed by atoms with Gasteiger partial charge in [0.1, 0.15) is 5.71 Å². The Kier molecular flexibility index (Phi) is 5.42. The molecule has 0 radical (unpaired) electrons. The Balaban J connectivity index is 4.95. The monoisotopic (exact) mass is 253 g/mol. The number of nitro groups is 1. The van der Waals surface area contributed by atoms with E-state index < -0.39 is 35.1 Å². The van der Waals surface area contributed by atoms with Crippen LogP contribution in [-0.2, 0) is 4.84 Å². The number of alkyl halides is 2. The molecule has 0 aromatic heterocycles. The Morgan fingerprint density at radius 2 is 2.12 bits per heavy atom. The summed E-state index contributed by atoms with van der Waals surface area (Å²) in [6.45, 7) is 1.69. The number of nitrogens with one attached hydrogen (secondary N) is 1. The summed E-state index contributed by atoms with van der Waals surface area (Å²) in [6, 6.07) is 0. The van der Waals surface area contributed by atoms with Gasteiger partial charge < -0.3 is 5.32 Å². The number of carbonyl (C=O) groups excluding carboxylic acids is 1. The van der Waals surface area contributed by atoms with Crippen molar-refractivity contribution in [2.45, 2.75) is 20.3 Å². The summed E-state index contributed by atoms with van der Waals surface area (Å²) < 4.78 is 25.3. The molecule has 0 saturated heterocycles. The molecule has 17 heavy (non-hydrogen) atoms. The molecule has 0 aliphatic carbocycles. The summed E-state index contributed by atoms with van der Waals surface area (Å²) in [5, 5.41) is 15.3. The minimum Gasteiger partial charge on any atom is -0.323 e. The van der Waals surface area contributed by atoms with Gasteiger partial charge in [0.05, 0.1) is 5.41 Å². The molecule has 0 fully saturated rings. The third-order valence-corrected chi connectivity index (χ3v) is 1.86. The van der Waals surface area contributed by atoms with E-state index in [2.05, 4.69) is 9.99 Å². The molecule has 0 heterocycles. The molecular formula is C8H13F2N3O4. The molecule has 0 saturated carbocycles. The Labute approximate surface area is 96.0 Å². The van der Waals surface area contributed by atoms with E-state index in [9.17, 15) is 23.7 Å². The topological polar surface area (TPSA) is 93.8 Å². The van der Waals surface area contributed by atoms with Gasteiger partial charge in [-0.15, -0.1) is 0 Å². The van der Waals surface area contributed by atoms with Crippen LogP contribution in [0.25, 0.3) is 0 Å². The molecule has 0 spiro atoms. The number of hydrogen-bond donors (Lipinski definition) is 1. The lowest BCUT2D eigenvalue weighted by atomic mass is 9.87. The lowest BCUT2D eigenvalue weighted by Gasteiger charge is -2.20. The van der Waals surface area contributed by atoms with Gasteiger partial charge >= 0.3 is 6.09 Å². The summed E-state index contributed by atoms with van der Waals surface area (Å²) in [5.41, 5.74) is -2.36. The van der Waals surface area contributed by atoms with Crippen LogP contribution in [0, 0.1) is 15.5 Å². The van der Waals surface area contributed by atoms with Gasteiger partial charge in [-0.25, -0.2) is 13.6 Å². The van der Waals surface area contributed by atoms with Gasteiger partial charge in [0.25, 0.3) is 6.43 Å². The third kappa shape index (κ3) is 5.18. The van der Waals surface area contributed by atoms with Crippen molar-refractivity contribution in [2.75, 3.05) is 13.6 Å². The van der Waals surface area contributed by atoms with Crippen LogP contribution in [0.4, 0.5) is 13.6 Å². The Bertz CT molecular complexity index is 331. The van der Waals surface area contributed by atoms with Gasteiger partial charge in [-0.2, -0.15) is 0 Å². The lowest BCUT2D eigenvalue weighted by molar-refractivity contribution is -0.491. The molecule has 0 bridgehead atoms. The third-order valence-electron chi connectivity index (χ3n) is 1.86. The zero-order valence-electron chi connectivity index (χ0n) is 9.57. The van der Waals surface area contributed by atoms with Crippen molar-refractivity contribution >= 4 is 11.8 Å². The highest BCUT2D eigenvalue weighted by atomic mass is 19.3. The van der Waals surface area contributed by atoms with E-state index in [1.54, 1.807) is 0 Å². The number of amides is 1. The maximum atomic E-state index is 12.6. The maximum Gasteiger partial charge on any atom is 0.433 e. The van der Waals surface area contributed by atoms with Gasteiger partial charge in [-0.05, 0) is 13.8 Å². The van der Waals surface area contributed by atoms with Crippen LogP contribution in [0.5, 0.6) is 0 Å². The molecule has 0 rings (SSSR count). The first-order valence-corrected chi connectivity index (χ1v) is 4.57. The zero-order chi connectivity index (χ0) is 13.6. The van der Waals surface area contributed by atoms with Gasteiger partial charge in [-0.1, -0.05) is 5.16 Å². The van der Waals surface area contributed by atoms with Crippen LogP contribution in [0.3, 0.4) is 0 Å². The van der Waals surface area contributed by atoms with Gasteiger partial charge in [0, 0.05) is 12.0 Å². The van der Waals surface area contributed by atoms with Crippen molar-refractivity contribution in [1.82, 2.24) is 5.32 Å². The molecule has 7 nitrogen and oxygen atoms in total. The number of nitrogens with zero attached hydrogens (tertiary/aromatic N) is 2. The second-order valence-corrected chi connectivity index (χ2v) is 3.78. The molecule has 98 valence electrons. The smallest absolute Gasteiger partial charge is 0.323 e. The quantitative estimate of drug-likeness (QED) is 0.345. The Hall–Kier alpha value is -1.80. The molecule has 0 aromatic rings. The van der Waals surface area contributed by atoms with Crippen LogP contribution >= 0.6 is 0 Å². The van der Waals surface area contributed by atoms with Gasteiger partial charge in [-0.3, -0.25) is 15.0 Å². The fourth-order valence-corrected chi connectivity index (χ4v) is 0.999. The summed E-state index contributed by atoms with van der Waals surface area (Å²) in [7, 11) is 1.22. The molecule has 1 amide bonds. The second-order valence-electron chi connectivity index (χ2n) is 3.78. The lowest BCUT2D eigenvalue weighted by Crippen LogP contribution is -2.37. The Morgan fingerprint density at radius 1 is 1.59 bits per heavy atom. The van der Waals surface area contributed by atoms with Crippen molar-refractivity contribution < 1.29 is 23.3 Å². The number of hydrogen-bond acceptors (Lipinski definition) is 5. The molecule has 9 heteroatoms. The molecule has 0 atom stereocenters. The van der Waals surface area contributed by atoms with Gasteiger partial charge in [0.15, 0.2) is 0 Å². The summed E-state index contributed by atoms with van der Waals surface area (Å²) in [6.07, 6.45) is -4.07. The fraction of sp³-hybridized carbons (Fsp3) is 0.750. The average molecular weight is 253 g/mol. The van der Waals surface area contributed by atoms with Crippen LogP contribution in [0.2, 0.25) is 0 Å². The minimum absolute atomic E-state index is 0.738. The van der Waals surface area contributed by atoms with E-state index in [4.69, 9.17) is 0 Å². The van der Waals surface area contributed by atoms with E-state index in [1.165, 1.54) is 20.9 Å². The highest BCUT2D eigenvalue weighted by molar-refractivity contribution is 5.92. The summed E-state index contributed by atoms with van der Waals surface area (Å²) in [4.78, 5) is 24.4. The van der Waals surface area contributed by atoms with Crippen molar-refractivity contribution in [2.24, 2.45) is 10.6 Å². The SMILES string of the molecule is CNC(=O)ON=C(C(F)F)C(C)(C)C[N+](=O)[O-]. The summed E-state index contributed by atoms with van der Waals surface area (Å²) in [5.74, 6) is 0. The predicted octanol–water partition coefficient (Wildman–Crippen LogP) is 1.27. The molecule has 0 unspecified atom stereocenters. The largest absolute Gasteiger partial charge is 0.433 e. The molecule has 0 aromatic carbocycles. The van der Waals surface area contributed by atoms with Crippen LogP contribution in [-0.4, -0.2) is 36.7 Å². The van der Waals surface area contributed by atoms with E-state index in [1.807, 2.05) is 5.32 Å². The van der Waals surface area contributed by atoms with E-state index in [-0.39, 0.29) is 0 Å². The van der Waals surface area contributed by atoms with Crippen molar-refractivity contribution in [3.8, 4) is 0 Å².